The molecule has 3 heteroatoms. The first-order valence-corrected chi connectivity index (χ1v) is 3.85. The van der Waals surface area contributed by atoms with Gasteiger partial charge in [0.15, 0.2) is 0 Å². The van der Waals surface area contributed by atoms with Crippen LogP contribution < -0.4 is 0 Å². The molecule has 0 aliphatic rings. The molecule has 1 rings (SSSR count). The van der Waals surface area contributed by atoms with Crippen LogP contribution in [0.5, 0.6) is 0 Å². The van der Waals surface area contributed by atoms with E-state index >= 15 is 0 Å². The van der Waals surface area contributed by atoms with E-state index in [4.69, 9.17) is 6.42 Å². The molecule has 1 aromatic rings. The Morgan fingerprint density at radius 2 is 2.58 bits per heavy atom. The summed E-state index contributed by atoms with van der Waals surface area (Å²) in [6, 6.07) is 1.79. The maximum atomic E-state index is 9.56. The number of rotatable bonds is 3. The Morgan fingerprint density at radius 3 is 3.08 bits per heavy atom. The highest BCUT2D eigenvalue weighted by Gasteiger charge is 2.09. The lowest BCUT2D eigenvalue weighted by atomic mass is 10.1. The summed E-state index contributed by atoms with van der Waals surface area (Å²) in [5, 5.41) is 13.5. The number of aryl methyl sites for hydroxylation is 1. The number of aromatic nitrogens is 2. The van der Waals surface area contributed by atoms with Crippen molar-refractivity contribution in [3.8, 4) is 12.3 Å². The minimum absolute atomic E-state index is 0.492. The van der Waals surface area contributed by atoms with Gasteiger partial charge in [0.25, 0.3) is 0 Å². The predicted molar refractivity (Wildman–Crippen MR) is 46.2 cm³/mol. The normalized spacial score (nSPS) is 12.4. The molecule has 1 heterocycles. The van der Waals surface area contributed by atoms with Gasteiger partial charge in [-0.05, 0) is 12.5 Å². The minimum atomic E-state index is -0.492. The van der Waals surface area contributed by atoms with Gasteiger partial charge in [0.05, 0.1) is 11.8 Å². The van der Waals surface area contributed by atoms with Gasteiger partial charge in [-0.2, -0.15) is 5.10 Å². The van der Waals surface area contributed by atoms with Crippen molar-refractivity contribution in [1.82, 2.24) is 9.78 Å². The van der Waals surface area contributed by atoms with Crippen LogP contribution in [0.3, 0.4) is 0 Å². The van der Waals surface area contributed by atoms with Gasteiger partial charge >= 0.3 is 0 Å². The molecule has 3 nitrogen and oxygen atoms in total. The standard InChI is InChI=1S/C9H12N2O/c1-3-4-5-9(12)8-6-7-10-11(8)2/h1,6-7,9,12H,4-5H2,2H3. The van der Waals surface area contributed by atoms with E-state index in [1.54, 1.807) is 24.0 Å². The molecule has 0 saturated carbocycles. The molecule has 0 saturated heterocycles. The summed E-state index contributed by atoms with van der Waals surface area (Å²) in [5.74, 6) is 2.49. The Labute approximate surface area is 72.0 Å². The largest absolute Gasteiger partial charge is 0.387 e. The lowest BCUT2D eigenvalue weighted by molar-refractivity contribution is 0.160. The molecule has 64 valence electrons. The van der Waals surface area contributed by atoms with Crippen LogP contribution in [-0.2, 0) is 7.05 Å². The van der Waals surface area contributed by atoms with E-state index in [0.29, 0.717) is 12.8 Å². The number of hydrogen-bond donors (Lipinski definition) is 1. The second kappa shape index (κ2) is 3.93. The number of aliphatic hydroxyl groups excluding tert-OH is 1. The summed E-state index contributed by atoms with van der Waals surface area (Å²) in [5.41, 5.74) is 0.810. The van der Waals surface area contributed by atoms with Gasteiger partial charge in [0, 0.05) is 19.7 Å². The molecule has 0 aromatic carbocycles. The van der Waals surface area contributed by atoms with Crippen molar-refractivity contribution in [2.24, 2.45) is 7.05 Å². The molecule has 12 heavy (non-hydrogen) atoms. The van der Waals surface area contributed by atoms with Gasteiger partial charge < -0.3 is 5.11 Å². The van der Waals surface area contributed by atoms with E-state index in [1.165, 1.54) is 0 Å². The van der Waals surface area contributed by atoms with Crippen LogP contribution in [0.1, 0.15) is 24.6 Å². The van der Waals surface area contributed by atoms with Crippen LogP contribution in [0.25, 0.3) is 0 Å². The van der Waals surface area contributed by atoms with Crippen molar-refractivity contribution in [3.05, 3.63) is 18.0 Å². The van der Waals surface area contributed by atoms with Gasteiger partial charge in [-0.3, -0.25) is 4.68 Å². The Balaban J connectivity index is 2.60. The smallest absolute Gasteiger partial charge is 0.0965 e. The Morgan fingerprint density at radius 1 is 1.83 bits per heavy atom. The molecule has 1 atom stereocenters. The Bertz CT molecular complexity index is 285. The van der Waals surface area contributed by atoms with Crippen molar-refractivity contribution < 1.29 is 5.11 Å². The first kappa shape index (κ1) is 8.82. The molecule has 0 amide bonds. The van der Waals surface area contributed by atoms with E-state index in [9.17, 15) is 5.11 Å². The van der Waals surface area contributed by atoms with Gasteiger partial charge in [0.1, 0.15) is 0 Å². The van der Waals surface area contributed by atoms with Crippen molar-refractivity contribution in [3.63, 3.8) is 0 Å². The summed E-state index contributed by atoms with van der Waals surface area (Å²) in [4.78, 5) is 0. The highest BCUT2D eigenvalue weighted by Crippen LogP contribution is 2.16. The molecule has 0 fully saturated rings. The fourth-order valence-corrected chi connectivity index (χ4v) is 1.08. The molecule has 0 radical (unpaired) electrons. The first-order chi connectivity index (χ1) is 5.75. The lowest BCUT2D eigenvalue weighted by Gasteiger charge is -2.08. The molecule has 0 bridgehead atoms. The Kier molecular flexibility index (Phi) is 2.89. The maximum Gasteiger partial charge on any atom is 0.0965 e. The van der Waals surface area contributed by atoms with Crippen molar-refractivity contribution in [1.29, 1.82) is 0 Å². The number of hydrogen-bond acceptors (Lipinski definition) is 2. The lowest BCUT2D eigenvalue weighted by Crippen LogP contribution is -2.04. The molecular formula is C9H12N2O. The third-order valence-electron chi connectivity index (χ3n) is 1.76. The first-order valence-electron chi connectivity index (χ1n) is 3.85. The predicted octanol–water partition coefficient (Wildman–Crippen LogP) is 0.867. The van der Waals surface area contributed by atoms with Crippen LogP contribution in [0.4, 0.5) is 0 Å². The quantitative estimate of drug-likeness (QED) is 0.673. The van der Waals surface area contributed by atoms with E-state index in [-0.39, 0.29) is 0 Å². The topological polar surface area (TPSA) is 38.1 Å². The highest BCUT2D eigenvalue weighted by molar-refractivity contribution is 5.04. The fraction of sp³-hybridized carbons (Fsp3) is 0.444. The summed E-state index contributed by atoms with van der Waals surface area (Å²) in [7, 11) is 1.80. The second-order valence-electron chi connectivity index (χ2n) is 2.64. The number of aliphatic hydroxyl groups is 1. The maximum absolute atomic E-state index is 9.56. The molecule has 1 aromatic heterocycles. The molecule has 0 aliphatic carbocycles. The van der Waals surface area contributed by atoms with Crippen LogP contribution in [-0.4, -0.2) is 14.9 Å². The zero-order valence-corrected chi connectivity index (χ0v) is 7.07. The zero-order chi connectivity index (χ0) is 8.97. The van der Waals surface area contributed by atoms with Crippen molar-refractivity contribution in [2.75, 3.05) is 0 Å². The van der Waals surface area contributed by atoms with Crippen LogP contribution in [0, 0.1) is 12.3 Å². The van der Waals surface area contributed by atoms with Crippen LogP contribution >= 0.6 is 0 Å². The molecule has 1 unspecified atom stereocenters. The van der Waals surface area contributed by atoms with Gasteiger partial charge in [-0.25, -0.2) is 0 Å². The molecule has 1 N–H and O–H groups in total. The SMILES string of the molecule is C#CCCC(O)c1ccnn1C. The summed E-state index contributed by atoms with van der Waals surface area (Å²) in [6.07, 6.45) is 7.44. The third kappa shape index (κ3) is 1.86. The van der Waals surface area contributed by atoms with Gasteiger partial charge in [0.2, 0.25) is 0 Å². The van der Waals surface area contributed by atoms with Crippen LogP contribution in [0.2, 0.25) is 0 Å². The average molecular weight is 164 g/mol. The van der Waals surface area contributed by atoms with Crippen molar-refractivity contribution in [2.45, 2.75) is 18.9 Å². The average Bonchev–Trinajstić information content (AvgIpc) is 2.47. The van der Waals surface area contributed by atoms with E-state index in [2.05, 4.69) is 11.0 Å². The summed E-state index contributed by atoms with van der Waals surface area (Å²) < 4.78 is 1.65. The van der Waals surface area contributed by atoms with Gasteiger partial charge in [-0.1, -0.05) is 0 Å². The van der Waals surface area contributed by atoms with E-state index in [1.807, 2.05) is 0 Å². The summed E-state index contributed by atoms with van der Waals surface area (Å²) in [6.45, 7) is 0. The van der Waals surface area contributed by atoms with E-state index < -0.39 is 6.10 Å². The summed E-state index contributed by atoms with van der Waals surface area (Å²) >= 11 is 0. The molecular weight excluding hydrogens is 152 g/mol. The van der Waals surface area contributed by atoms with Crippen LogP contribution in [0.15, 0.2) is 12.3 Å². The zero-order valence-electron chi connectivity index (χ0n) is 7.07. The van der Waals surface area contributed by atoms with Gasteiger partial charge in [-0.15, -0.1) is 12.3 Å². The van der Waals surface area contributed by atoms with E-state index in [0.717, 1.165) is 5.69 Å². The second-order valence-corrected chi connectivity index (χ2v) is 2.64. The van der Waals surface area contributed by atoms with Crippen molar-refractivity contribution >= 4 is 0 Å². The third-order valence-corrected chi connectivity index (χ3v) is 1.76. The number of nitrogens with zero attached hydrogens (tertiary/aromatic N) is 2. The molecule has 0 aliphatic heterocycles. The minimum Gasteiger partial charge on any atom is -0.387 e. The monoisotopic (exact) mass is 164 g/mol. The molecule has 0 spiro atoms. The number of terminal acetylenes is 1. The Hall–Kier alpha value is -1.27. The fourth-order valence-electron chi connectivity index (χ4n) is 1.08. The highest BCUT2D eigenvalue weighted by atomic mass is 16.3.